The Bertz CT molecular complexity index is 762. The Balaban J connectivity index is 1.45. The number of hydrogen-bond acceptors (Lipinski definition) is 3. The first-order chi connectivity index (χ1) is 11.2. The van der Waals surface area contributed by atoms with E-state index in [1.807, 2.05) is 18.2 Å². The van der Waals surface area contributed by atoms with Gasteiger partial charge in [0.1, 0.15) is 19.0 Å². The smallest absolute Gasteiger partial charge is 0.228 e. The Hall–Kier alpha value is -2.56. The third-order valence-corrected chi connectivity index (χ3v) is 4.25. The summed E-state index contributed by atoms with van der Waals surface area (Å²) >= 11 is 0. The molecule has 0 radical (unpaired) electrons. The number of benzene rings is 2. The molecule has 2 aromatic rings. The number of carbonyl (C=O) groups is 1. The van der Waals surface area contributed by atoms with Crippen molar-refractivity contribution in [2.75, 3.05) is 18.5 Å². The van der Waals surface area contributed by atoms with Crippen molar-refractivity contribution in [1.82, 2.24) is 0 Å². The fourth-order valence-electron chi connectivity index (χ4n) is 2.93. The lowest BCUT2D eigenvalue weighted by Crippen LogP contribution is -2.16. The summed E-state index contributed by atoms with van der Waals surface area (Å²) in [7, 11) is 0. The van der Waals surface area contributed by atoms with Crippen molar-refractivity contribution in [3.8, 4) is 11.5 Å². The van der Waals surface area contributed by atoms with Gasteiger partial charge in [-0.2, -0.15) is 0 Å². The number of rotatable bonds is 3. The van der Waals surface area contributed by atoms with Gasteiger partial charge in [-0.25, -0.2) is 4.39 Å². The minimum Gasteiger partial charge on any atom is -0.486 e. The highest BCUT2D eigenvalue weighted by atomic mass is 19.1. The highest BCUT2D eigenvalue weighted by Gasteiger charge is 2.44. The van der Waals surface area contributed by atoms with Crippen LogP contribution in [0.3, 0.4) is 0 Å². The molecule has 2 aromatic carbocycles. The summed E-state index contributed by atoms with van der Waals surface area (Å²) in [5.41, 5.74) is 1.29. The van der Waals surface area contributed by atoms with E-state index in [1.54, 1.807) is 18.2 Å². The maximum atomic E-state index is 13.6. The van der Waals surface area contributed by atoms with Gasteiger partial charge in [0.15, 0.2) is 11.5 Å². The van der Waals surface area contributed by atoms with Crippen molar-refractivity contribution >= 4 is 11.6 Å². The second-order valence-corrected chi connectivity index (χ2v) is 5.82. The minimum absolute atomic E-state index is 0.128. The quantitative estimate of drug-likeness (QED) is 0.945. The van der Waals surface area contributed by atoms with Gasteiger partial charge in [0.05, 0.1) is 5.69 Å². The number of hydrogen-bond donors (Lipinski definition) is 1. The van der Waals surface area contributed by atoms with E-state index in [2.05, 4.69) is 5.32 Å². The lowest BCUT2D eigenvalue weighted by molar-refractivity contribution is -0.117. The number of anilines is 1. The standard InChI is InChI=1S/C18H16FNO3/c19-14-3-1-2-4-15(14)20-18(21)13-10-12(13)11-5-6-16-17(9-11)23-8-7-22-16/h1-6,9,12-13H,7-8,10H2,(H,20,21)/t12-,13+/m1/s1. The van der Waals surface area contributed by atoms with Crippen molar-refractivity contribution in [3.05, 3.63) is 53.8 Å². The molecule has 4 rings (SSSR count). The zero-order valence-corrected chi connectivity index (χ0v) is 12.4. The SMILES string of the molecule is O=C(Nc1ccccc1F)[C@H]1C[C@@H]1c1ccc2c(c1)OCCO2. The van der Waals surface area contributed by atoms with Gasteiger partial charge in [-0.05, 0) is 42.2 Å². The summed E-state index contributed by atoms with van der Waals surface area (Å²) in [4.78, 5) is 12.3. The normalized spacial score (nSPS) is 21.6. The van der Waals surface area contributed by atoms with Crippen molar-refractivity contribution in [1.29, 1.82) is 0 Å². The topological polar surface area (TPSA) is 47.6 Å². The molecule has 1 aliphatic heterocycles. The second-order valence-electron chi connectivity index (χ2n) is 5.82. The van der Waals surface area contributed by atoms with Crippen molar-refractivity contribution in [2.24, 2.45) is 5.92 Å². The van der Waals surface area contributed by atoms with E-state index in [0.29, 0.717) is 13.2 Å². The first-order valence-electron chi connectivity index (χ1n) is 7.67. The van der Waals surface area contributed by atoms with Gasteiger partial charge in [-0.15, -0.1) is 0 Å². The van der Waals surface area contributed by atoms with Gasteiger partial charge in [0.25, 0.3) is 0 Å². The molecule has 118 valence electrons. The largest absolute Gasteiger partial charge is 0.486 e. The van der Waals surface area contributed by atoms with Gasteiger partial charge in [0, 0.05) is 5.92 Å². The van der Waals surface area contributed by atoms with Crippen molar-refractivity contribution < 1.29 is 18.7 Å². The molecule has 1 amide bonds. The van der Waals surface area contributed by atoms with Crippen LogP contribution in [0.1, 0.15) is 17.9 Å². The third kappa shape index (κ3) is 2.74. The predicted molar refractivity (Wildman–Crippen MR) is 83.3 cm³/mol. The average Bonchev–Trinajstić information content (AvgIpc) is 3.37. The van der Waals surface area contributed by atoms with E-state index in [-0.39, 0.29) is 23.4 Å². The lowest BCUT2D eigenvalue weighted by atomic mass is 10.1. The van der Waals surface area contributed by atoms with E-state index < -0.39 is 5.82 Å². The van der Waals surface area contributed by atoms with E-state index in [9.17, 15) is 9.18 Å². The Morgan fingerprint density at radius 3 is 2.70 bits per heavy atom. The molecule has 0 saturated heterocycles. The van der Waals surface area contributed by atoms with Gasteiger partial charge < -0.3 is 14.8 Å². The highest BCUT2D eigenvalue weighted by molar-refractivity contribution is 5.95. The second kappa shape index (κ2) is 5.57. The molecule has 1 N–H and O–H groups in total. The monoisotopic (exact) mass is 313 g/mol. The Kier molecular flexibility index (Phi) is 3.41. The number of amides is 1. The van der Waals surface area contributed by atoms with Crippen LogP contribution in [-0.2, 0) is 4.79 Å². The Morgan fingerprint density at radius 1 is 1.09 bits per heavy atom. The number of ether oxygens (including phenoxy) is 2. The van der Waals surface area contributed by atoms with Crippen LogP contribution in [0.25, 0.3) is 0 Å². The van der Waals surface area contributed by atoms with Gasteiger partial charge in [0.2, 0.25) is 5.91 Å². The molecule has 1 saturated carbocycles. The van der Waals surface area contributed by atoms with E-state index in [0.717, 1.165) is 23.5 Å². The third-order valence-electron chi connectivity index (χ3n) is 4.25. The van der Waals surface area contributed by atoms with E-state index in [1.165, 1.54) is 6.07 Å². The molecule has 0 spiro atoms. The fraction of sp³-hybridized carbons (Fsp3) is 0.278. The van der Waals surface area contributed by atoms with Crippen LogP contribution in [0.5, 0.6) is 11.5 Å². The molecule has 4 nitrogen and oxygen atoms in total. The predicted octanol–water partition coefficient (Wildman–Crippen LogP) is 3.34. The lowest BCUT2D eigenvalue weighted by Gasteiger charge is -2.18. The highest BCUT2D eigenvalue weighted by Crippen LogP contribution is 2.49. The van der Waals surface area contributed by atoms with Crippen LogP contribution in [0.4, 0.5) is 10.1 Å². The summed E-state index contributed by atoms with van der Waals surface area (Å²) in [6, 6.07) is 12.0. The van der Waals surface area contributed by atoms with Crippen molar-refractivity contribution in [3.63, 3.8) is 0 Å². The number of nitrogens with one attached hydrogen (secondary N) is 1. The maximum Gasteiger partial charge on any atom is 0.228 e. The van der Waals surface area contributed by atoms with Crippen LogP contribution < -0.4 is 14.8 Å². The van der Waals surface area contributed by atoms with Gasteiger partial charge in [-0.3, -0.25) is 4.79 Å². The van der Waals surface area contributed by atoms with Crippen LogP contribution in [0, 0.1) is 11.7 Å². The first kappa shape index (κ1) is 14.1. The molecule has 2 atom stereocenters. The van der Waals surface area contributed by atoms with E-state index in [4.69, 9.17) is 9.47 Å². The fourth-order valence-corrected chi connectivity index (χ4v) is 2.93. The van der Waals surface area contributed by atoms with Crippen molar-refractivity contribution in [2.45, 2.75) is 12.3 Å². The Labute approximate surface area is 133 Å². The van der Waals surface area contributed by atoms with Crippen LogP contribution in [-0.4, -0.2) is 19.1 Å². The molecule has 1 aliphatic carbocycles. The molecule has 0 bridgehead atoms. The van der Waals surface area contributed by atoms with Gasteiger partial charge >= 0.3 is 0 Å². The molecule has 0 aromatic heterocycles. The molecule has 0 unspecified atom stereocenters. The molecule has 1 fully saturated rings. The number of fused-ring (bicyclic) bond motifs is 1. The Morgan fingerprint density at radius 2 is 1.87 bits per heavy atom. The summed E-state index contributed by atoms with van der Waals surface area (Å²) in [6.07, 6.45) is 0.764. The average molecular weight is 313 g/mol. The summed E-state index contributed by atoms with van der Waals surface area (Å²) in [6.45, 7) is 1.10. The maximum absolute atomic E-state index is 13.6. The summed E-state index contributed by atoms with van der Waals surface area (Å²) in [5, 5.41) is 2.66. The number of halogens is 1. The van der Waals surface area contributed by atoms with Gasteiger partial charge in [-0.1, -0.05) is 18.2 Å². The molecule has 5 heteroatoms. The van der Waals surface area contributed by atoms with Crippen LogP contribution in [0.15, 0.2) is 42.5 Å². The summed E-state index contributed by atoms with van der Waals surface area (Å²) in [5.74, 6) is 0.934. The number of para-hydroxylation sites is 1. The summed E-state index contributed by atoms with van der Waals surface area (Å²) < 4.78 is 24.7. The zero-order chi connectivity index (χ0) is 15.8. The molecule has 1 heterocycles. The minimum atomic E-state index is -0.419. The number of carbonyl (C=O) groups excluding carboxylic acids is 1. The molecular weight excluding hydrogens is 297 g/mol. The zero-order valence-electron chi connectivity index (χ0n) is 12.4. The van der Waals surface area contributed by atoms with Crippen LogP contribution in [0.2, 0.25) is 0 Å². The van der Waals surface area contributed by atoms with Crippen LogP contribution >= 0.6 is 0 Å². The van der Waals surface area contributed by atoms with E-state index >= 15 is 0 Å². The molecule has 2 aliphatic rings. The first-order valence-corrected chi connectivity index (χ1v) is 7.67. The molecule has 23 heavy (non-hydrogen) atoms. The molecular formula is C18H16FNO3.